The minimum absolute atomic E-state index is 0.657. The van der Waals surface area contributed by atoms with E-state index in [1.165, 1.54) is 18.4 Å². The van der Waals surface area contributed by atoms with Gasteiger partial charge in [-0.25, -0.2) is 0 Å². The number of pyridine rings is 1. The van der Waals surface area contributed by atoms with Gasteiger partial charge in [0.25, 0.3) is 0 Å². The predicted molar refractivity (Wildman–Crippen MR) is 73.3 cm³/mol. The maximum Gasteiger partial charge on any atom is 0.137 e. The number of benzene rings is 1. The van der Waals surface area contributed by atoms with Gasteiger partial charge in [-0.05, 0) is 36.0 Å². The van der Waals surface area contributed by atoms with Gasteiger partial charge in [-0.2, -0.15) is 0 Å². The van der Waals surface area contributed by atoms with E-state index in [2.05, 4.69) is 17.1 Å². The zero-order valence-electron chi connectivity index (χ0n) is 10.9. The number of hydrogen-bond acceptors (Lipinski definition) is 3. The average Bonchev–Trinajstić information content (AvgIpc) is 3.31. The number of hydrogen-bond donors (Lipinski definition) is 1. The van der Waals surface area contributed by atoms with Crippen molar-refractivity contribution in [2.24, 2.45) is 0 Å². The second kappa shape index (κ2) is 5.02. The second-order valence-corrected chi connectivity index (χ2v) is 5.00. The van der Waals surface area contributed by atoms with Gasteiger partial charge in [0.05, 0.1) is 13.3 Å². The molecule has 1 unspecified atom stereocenters. The largest absolute Gasteiger partial charge is 0.495 e. The molecule has 1 N–H and O–H groups in total. The van der Waals surface area contributed by atoms with Crippen molar-refractivity contribution in [1.29, 1.82) is 0 Å². The first-order valence-corrected chi connectivity index (χ1v) is 6.55. The SMILES string of the molecule is COc1cncc(C(O)c2ccc(C3CC3)cc2)c1. The first kappa shape index (κ1) is 12.2. The number of methoxy groups -OCH3 is 1. The number of ether oxygens (including phenoxy) is 1. The minimum Gasteiger partial charge on any atom is -0.495 e. The molecule has 3 rings (SSSR count). The van der Waals surface area contributed by atoms with Gasteiger partial charge in [0.15, 0.2) is 0 Å². The molecule has 1 atom stereocenters. The fourth-order valence-electron chi connectivity index (χ4n) is 2.26. The van der Waals surface area contributed by atoms with Gasteiger partial charge in [-0.3, -0.25) is 4.98 Å². The van der Waals surface area contributed by atoms with E-state index in [1.807, 2.05) is 18.2 Å². The Kier molecular flexibility index (Phi) is 3.22. The molecule has 0 saturated heterocycles. The zero-order valence-corrected chi connectivity index (χ0v) is 10.9. The van der Waals surface area contributed by atoms with Crippen LogP contribution in [0, 0.1) is 0 Å². The Hall–Kier alpha value is -1.87. The van der Waals surface area contributed by atoms with Crippen LogP contribution in [0.5, 0.6) is 5.75 Å². The van der Waals surface area contributed by atoms with E-state index in [0.717, 1.165) is 17.0 Å². The quantitative estimate of drug-likeness (QED) is 0.913. The normalized spacial score (nSPS) is 16.1. The average molecular weight is 255 g/mol. The molecule has 1 heterocycles. The minimum atomic E-state index is -0.657. The standard InChI is InChI=1S/C16H17NO2/c1-19-15-8-14(9-17-10-15)16(18)13-6-4-12(5-7-13)11-2-3-11/h4-11,16,18H,2-3H2,1H3. The molecule has 1 aliphatic rings. The molecule has 0 amide bonds. The molecule has 1 fully saturated rings. The summed E-state index contributed by atoms with van der Waals surface area (Å²) in [6.45, 7) is 0. The van der Waals surface area contributed by atoms with E-state index in [9.17, 15) is 5.11 Å². The van der Waals surface area contributed by atoms with Crippen molar-refractivity contribution < 1.29 is 9.84 Å². The highest BCUT2D eigenvalue weighted by molar-refractivity contribution is 5.35. The molecule has 0 spiro atoms. The number of rotatable bonds is 4. The van der Waals surface area contributed by atoms with Gasteiger partial charge < -0.3 is 9.84 Å². The molecule has 19 heavy (non-hydrogen) atoms. The lowest BCUT2D eigenvalue weighted by Crippen LogP contribution is -2.01. The lowest BCUT2D eigenvalue weighted by Gasteiger charge is -2.12. The molecule has 0 aliphatic heterocycles. The molecule has 3 heteroatoms. The predicted octanol–water partition coefficient (Wildman–Crippen LogP) is 3.05. The maximum absolute atomic E-state index is 10.4. The van der Waals surface area contributed by atoms with Crippen LogP contribution < -0.4 is 4.74 Å². The van der Waals surface area contributed by atoms with Crippen LogP contribution in [0.1, 0.15) is 41.6 Å². The summed E-state index contributed by atoms with van der Waals surface area (Å²) >= 11 is 0. The molecule has 1 saturated carbocycles. The Morgan fingerprint density at radius 1 is 1.16 bits per heavy atom. The number of aromatic nitrogens is 1. The van der Waals surface area contributed by atoms with E-state index >= 15 is 0 Å². The van der Waals surface area contributed by atoms with E-state index in [-0.39, 0.29) is 0 Å². The molecular formula is C16H17NO2. The summed E-state index contributed by atoms with van der Waals surface area (Å²) in [5.74, 6) is 1.40. The van der Waals surface area contributed by atoms with Crippen LogP contribution in [-0.2, 0) is 0 Å². The highest BCUT2D eigenvalue weighted by atomic mass is 16.5. The third kappa shape index (κ3) is 2.61. The van der Waals surface area contributed by atoms with Crippen LogP contribution in [0.2, 0.25) is 0 Å². The summed E-state index contributed by atoms with van der Waals surface area (Å²) in [7, 11) is 1.59. The first-order chi connectivity index (χ1) is 9.28. The number of nitrogens with zero attached hydrogens (tertiary/aromatic N) is 1. The smallest absolute Gasteiger partial charge is 0.137 e. The van der Waals surface area contributed by atoms with Crippen molar-refractivity contribution in [3.05, 3.63) is 59.4 Å². The topological polar surface area (TPSA) is 42.4 Å². The van der Waals surface area contributed by atoms with Gasteiger partial charge in [0, 0.05) is 11.8 Å². The highest BCUT2D eigenvalue weighted by Gasteiger charge is 2.23. The van der Waals surface area contributed by atoms with Crippen molar-refractivity contribution in [3.63, 3.8) is 0 Å². The lowest BCUT2D eigenvalue weighted by atomic mass is 10.0. The van der Waals surface area contributed by atoms with Crippen LogP contribution in [0.25, 0.3) is 0 Å². The number of aliphatic hydroxyl groups is 1. The summed E-state index contributed by atoms with van der Waals surface area (Å²) < 4.78 is 5.13. The van der Waals surface area contributed by atoms with Crippen molar-refractivity contribution >= 4 is 0 Å². The molecular weight excluding hydrogens is 238 g/mol. The Balaban J connectivity index is 1.83. The molecule has 3 nitrogen and oxygen atoms in total. The van der Waals surface area contributed by atoms with E-state index < -0.39 is 6.10 Å². The van der Waals surface area contributed by atoms with Gasteiger partial charge in [0.1, 0.15) is 11.9 Å². The van der Waals surface area contributed by atoms with Crippen molar-refractivity contribution in [3.8, 4) is 5.75 Å². The van der Waals surface area contributed by atoms with E-state index in [0.29, 0.717) is 5.75 Å². The van der Waals surface area contributed by atoms with Gasteiger partial charge in [-0.1, -0.05) is 24.3 Å². The summed E-state index contributed by atoms with van der Waals surface area (Å²) in [5, 5.41) is 10.4. The Morgan fingerprint density at radius 3 is 2.53 bits per heavy atom. The first-order valence-electron chi connectivity index (χ1n) is 6.55. The highest BCUT2D eigenvalue weighted by Crippen LogP contribution is 2.40. The molecule has 1 aromatic carbocycles. The van der Waals surface area contributed by atoms with Crippen molar-refractivity contribution in [2.75, 3.05) is 7.11 Å². The van der Waals surface area contributed by atoms with Crippen LogP contribution in [0.15, 0.2) is 42.7 Å². The van der Waals surface area contributed by atoms with Gasteiger partial charge >= 0.3 is 0 Å². The van der Waals surface area contributed by atoms with Crippen molar-refractivity contribution in [2.45, 2.75) is 24.9 Å². The molecule has 1 aromatic heterocycles. The van der Waals surface area contributed by atoms with Gasteiger partial charge in [0.2, 0.25) is 0 Å². The van der Waals surface area contributed by atoms with Crippen LogP contribution in [-0.4, -0.2) is 17.2 Å². The van der Waals surface area contributed by atoms with Crippen LogP contribution in [0.4, 0.5) is 0 Å². The lowest BCUT2D eigenvalue weighted by molar-refractivity contribution is 0.219. The van der Waals surface area contributed by atoms with Crippen LogP contribution in [0.3, 0.4) is 0 Å². The van der Waals surface area contributed by atoms with E-state index in [4.69, 9.17) is 4.74 Å². The third-order valence-electron chi connectivity index (χ3n) is 3.59. The number of aliphatic hydroxyl groups excluding tert-OH is 1. The van der Waals surface area contributed by atoms with Crippen LogP contribution >= 0.6 is 0 Å². The van der Waals surface area contributed by atoms with Gasteiger partial charge in [-0.15, -0.1) is 0 Å². The Labute approximate surface area is 112 Å². The fourth-order valence-corrected chi connectivity index (χ4v) is 2.26. The summed E-state index contributed by atoms with van der Waals surface area (Å²) in [6.07, 6.45) is 5.23. The fraction of sp³-hybridized carbons (Fsp3) is 0.312. The maximum atomic E-state index is 10.4. The molecule has 2 aromatic rings. The third-order valence-corrected chi connectivity index (χ3v) is 3.59. The Morgan fingerprint density at radius 2 is 1.89 bits per heavy atom. The molecule has 0 bridgehead atoms. The summed E-state index contributed by atoms with van der Waals surface area (Å²) in [5.41, 5.74) is 3.01. The second-order valence-electron chi connectivity index (χ2n) is 5.00. The summed E-state index contributed by atoms with van der Waals surface area (Å²) in [6, 6.07) is 10.0. The Bertz CT molecular complexity index is 561. The molecule has 1 aliphatic carbocycles. The molecule has 98 valence electrons. The zero-order chi connectivity index (χ0) is 13.2. The monoisotopic (exact) mass is 255 g/mol. The van der Waals surface area contributed by atoms with E-state index in [1.54, 1.807) is 19.5 Å². The summed E-state index contributed by atoms with van der Waals surface area (Å²) in [4.78, 5) is 4.07. The van der Waals surface area contributed by atoms with Crippen molar-refractivity contribution in [1.82, 2.24) is 4.98 Å². The molecule has 0 radical (unpaired) electrons.